The quantitative estimate of drug-likeness (QED) is 0.479. The summed E-state index contributed by atoms with van der Waals surface area (Å²) < 4.78 is 20.0. The Hall–Kier alpha value is -0.860. The third-order valence-corrected chi connectivity index (χ3v) is 1.25. The van der Waals surface area contributed by atoms with Crippen LogP contribution >= 0.6 is 0 Å². The van der Waals surface area contributed by atoms with Crippen LogP contribution < -0.4 is 5.14 Å². The van der Waals surface area contributed by atoms with E-state index in [0.29, 0.717) is 0 Å². The van der Waals surface area contributed by atoms with Gasteiger partial charge in [0.15, 0.2) is 4.91 Å². The van der Waals surface area contributed by atoms with Crippen LogP contribution in [-0.2, 0) is 10.0 Å². The summed E-state index contributed by atoms with van der Waals surface area (Å²) in [4.78, 5) is -0.613. The van der Waals surface area contributed by atoms with Crippen LogP contribution in [0.25, 0.3) is 0 Å². The summed E-state index contributed by atoms with van der Waals surface area (Å²) in [5.74, 6) is 0. The highest BCUT2D eigenvalue weighted by atomic mass is 32.2. The van der Waals surface area contributed by atoms with E-state index in [1.807, 2.05) is 0 Å². The lowest BCUT2D eigenvalue weighted by molar-refractivity contribution is 0.605. The van der Waals surface area contributed by atoms with Gasteiger partial charge in [0.1, 0.15) is 6.07 Å². The predicted octanol–water partition coefficient (Wildman–Crippen LogP) is -0.688. The Morgan fingerprint density at radius 3 is 2.12 bits per heavy atom. The molecule has 0 aromatic rings. The Morgan fingerprint density at radius 1 is 1.75 bits per heavy atom. The Kier molecular flexibility index (Phi) is 1.73. The molecule has 4 nitrogen and oxygen atoms in total. The molecule has 0 aliphatic rings. The third-order valence-electron chi connectivity index (χ3n) is 0.468. The van der Waals surface area contributed by atoms with Gasteiger partial charge in [-0.1, -0.05) is 6.58 Å². The van der Waals surface area contributed by atoms with Crippen molar-refractivity contribution in [1.82, 2.24) is 0 Å². The molecule has 0 aliphatic carbocycles. The maximum Gasteiger partial charge on any atom is 0.247 e. The number of nitrogens with two attached hydrogens (primary N) is 1. The fourth-order valence-corrected chi connectivity index (χ4v) is 0.191. The summed E-state index contributed by atoms with van der Waals surface area (Å²) >= 11 is 0. The van der Waals surface area contributed by atoms with E-state index in [2.05, 4.69) is 11.7 Å². The van der Waals surface area contributed by atoms with E-state index in [9.17, 15) is 8.42 Å². The van der Waals surface area contributed by atoms with Crippen LogP contribution in [0.15, 0.2) is 11.5 Å². The van der Waals surface area contributed by atoms with E-state index in [1.165, 1.54) is 6.07 Å². The van der Waals surface area contributed by atoms with Crippen LogP contribution in [0.4, 0.5) is 0 Å². The Balaban J connectivity index is 4.62. The number of primary sulfonamides is 1. The molecule has 0 aliphatic heterocycles. The molecule has 2 N–H and O–H groups in total. The largest absolute Gasteiger partial charge is 0.247 e. The molecule has 0 amide bonds. The molecule has 0 rings (SSSR count). The fourth-order valence-electron chi connectivity index (χ4n) is 0.0636. The van der Waals surface area contributed by atoms with E-state index < -0.39 is 14.9 Å². The summed E-state index contributed by atoms with van der Waals surface area (Å²) in [5, 5.41) is 12.3. The number of hydrogen-bond donors (Lipinski definition) is 1. The summed E-state index contributed by atoms with van der Waals surface area (Å²) in [6, 6.07) is 1.30. The van der Waals surface area contributed by atoms with Gasteiger partial charge in [0.2, 0.25) is 10.0 Å². The lowest BCUT2D eigenvalue weighted by atomic mass is 10.7. The molecular weight excluding hydrogens is 128 g/mol. The van der Waals surface area contributed by atoms with Gasteiger partial charge in [-0.05, 0) is 0 Å². The molecular formula is C3H4N2O2S. The average Bonchev–Trinajstić information content (AvgIpc) is 1.62. The summed E-state index contributed by atoms with van der Waals surface area (Å²) in [5.41, 5.74) is 0. The third kappa shape index (κ3) is 1.73. The van der Waals surface area contributed by atoms with Crippen molar-refractivity contribution < 1.29 is 8.42 Å². The van der Waals surface area contributed by atoms with Crippen molar-refractivity contribution in [1.29, 1.82) is 5.26 Å². The molecule has 0 saturated carbocycles. The molecule has 0 bridgehead atoms. The summed E-state index contributed by atoms with van der Waals surface area (Å²) in [6.45, 7) is 2.87. The maximum atomic E-state index is 10.0. The van der Waals surface area contributed by atoms with Crippen LogP contribution in [0.3, 0.4) is 0 Å². The highest BCUT2D eigenvalue weighted by molar-refractivity contribution is 7.93. The number of rotatable bonds is 1. The number of sulfonamides is 1. The standard InChI is InChI=1S/C3H4N2O2S/c1-3(2-4)8(5,6)7/h1H2,(H2,5,6,7). The van der Waals surface area contributed by atoms with Gasteiger partial charge in [-0.25, -0.2) is 13.6 Å². The highest BCUT2D eigenvalue weighted by Crippen LogP contribution is 1.91. The van der Waals surface area contributed by atoms with Crippen LogP contribution in [0.5, 0.6) is 0 Å². The first-order chi connectivity index (χ1) is 3.48. The van der Waals surface area contributed by atoms with Crippen LogP contribution in [-0.4, -0.2) is 8.42 Å². The highest BCUT2D eigenvalue weighted by Gasteiger charge is 2.05. The zero-order valence-corrected chi connectivity index (χ0v) is 4.77. The van der Waals surface area contributed by atoms with Crippen LogP contribution in [0, 0.1) is 11.3 Å². The average molecular weight is 132 g/mol. The number of hydrogen-bond acceptors (Lipinski definition) is 3. The Labute approximate surface area is 47.3 Å². The monoisotopic (exact) mass is 132 g/mol. The van der Waals surface area contributed by atoms with Gasteiger partial charge >= 0.3 is 0 Å². The van der Waals surface area contributed by atoms with Crippen molar-refractivity contribution in [3.63, 3.8) is 0 Å². The van der Waals surface area contributed by atoms with Crippen molar-refractivity contribution in [2.45, 2.75) is 0 Å². The van der Waals surface area contributed by atoms with E-state index >= 15 is 0 Å². The van der Waals surface area contributed by atoms with Gasteiger partial charge in [0.25, 0.3) is 0 Å². The second-order valence-corrected chi connectivity index (χ2v) is 2.66. The minimum absolute atomic E-state index is 0.613. The molecule has 0 fully saturated rings. The smallest absolute Gasteiger partial charge is 0.224 e. The molecule has 0 spiro atoms. The van der Waals surface area contributed by atoms with E-state index in [0.717, 1.165) is 0 Å². The molecule has 0 heterocycles. The molecule has 44 valence electrons. The van der Waals surface area contributed by atoms with Crippen molar-refractivity contribution in [3.8, 4) is 6.07 Å². The molecule has 0 unspecified atom stereocenters. The molecule has 0 radical (unpaired) electrons. The molecule has 5 heteroatoms. The van der Waals surface area contributed by atoms with E-state index in [4.69, 9.17) is 5.26 Å². The summed E-state index contributed by atoms with van der Waals surface area (Å²) in [7, 11) is -3.81. The Bertz CT molecular complexity index is 232. The van der Waals surface area contributed by atoms with Crippen molar-refractivity contribution in [2.75, 3.05) is 0 Å². The first kappa shape index (κ1) is 7.14. The molecule has 0 atom stereocenters. The molecule has 8 heavy (non-hydrogen) atoms. The molecule has 0 aromatic carbocycles. The molecule has 0 saturated heterocycles. The van der Waals surface area contributed by atoms with Crippen molar-refractivity contribution in [3.05, 3.63) is 11.5 Å². The van der Waals surface area contributed by atoms with Gasteiger partial charge < -0.3 is 0 Å². The topological polar surface area (TPSA) is 83.9 Å². The maximum absolute atomic E-state index is 10.0. The zero-order chi connectivity index (χ0) is 6.78. The lowest BCUT2D eigenvalue weighted by Crippen LogP contribution is -2.12. The number of nitrogens with zero attached hydrogens (tertiary/aromatic N) is 1. The van der Waals surface area contributed by atoms with Crippen LogP contribution in [0.2, 0.25) is 0 Å². The Morgan fingerprint density at radius 2 is 2.12 bits per heavy atom. The number of nitriles is 1. The zero-order valence-electron chi connectivity index (χ0n) is 3.96. The van der Waals surface area contributed by atoms with Crippen molar-refractivity contribution >= 4 is 10.0 Å². The van der Waals surface area contributed by atoms with E-state index in [1.54, 1.807) is 0 Å². The normalized spacial score (nSPS) is 10.0. The molecule has 0 aromatic heterocycles. The minimum atomic E-state index is -3.81. The first-order valence-electron chi connectivity index (χ1n) is 1.60. The number of allylic oxidation sites excluding steroid dienone is 1. The van der Waals surface area contributed by atoms with Gasteiger partial charge in [0.05, 0.1) is 0 Å². The van der Waals surface area contributed by atoms with E-state index in [-0.39, 0.29) is 0 Å². The SMILES string of the molecule is C=C(C#N)S(N)(=O)=O. The predicted molar refractivity (Wildman–Crippen MR) is 27.9 cm³/mol. The second-order valence-electron chi connectivity index (χ2n) is 1.08. The van der Waals surface area contributed by atoms with Crippen LogP contribution in [0.1, 0.15) is 0 Å². The van der Waals surface area contributed by atoms with Gasteiger partial charge in [-0.15, -0.1) is 0 Å². The van der Waals surface area contributed by atoms with Gasteiger partial charge in [-0.3, -0.25) is 0 Å². The van der Waals surface area contributed by atoms with Crippen molar-refractivity contribution in [2.24, 2.45) is 5.14 Å². The lowest BCUT2D eigenvalue weighted by Gasteiger charge is -1.85. The fraction of sp³-hybridized carbons (Fsp3) is 0. The van der Waals surface area contributed by atoms with Gasteiger partial charge in [-0.2, -0.15) is 5.26 Å². The summed E-state index contributed by atoms with van der Waals surface area (Å²) in [6.07, 6.45) is 0. The first-order valence-corrected chi connectivity index (χ1v) is 3.15. The second kappa shape index (κ2) is 1.94. The van der Waals surface area contributed by atoms with Gasteiger partial charge in [0, 0.05) is 0 Å². The minimum Gasteiger partial charge on any atom is -0.224 e.